The molecule has 0 fully saturated rings. The van der Waals surface area contributed by atoms with Gasteiger partial charge in [0.05, 0.1) is 16.9 Å². The van der Waals surface area contributed by atoms with Crippen LogP contribution in [-0.2, 0) is 5.41 Å². The van der Waals surface area contributed by atoms with E-state index in [0.717, 1.165) is 5.69 Å². The van der Waals surface area contributed by atoms with Gasteiger partial charge in [0.25, 0.3) is 0 Å². The number of carbonyl (C=O) groups excluding carboxylic acids is 1. The van der Waals surface area contributed by atoms with Gasteiger partial charge >= 0.3 is 12.0 Å². The Balaban J connectivity index is 1.93. The third kappa shape index (κ3) is 4.94. The largest absolute Gasteiger partial charge is 0.478 e. The zero-order valence-corrected chi connectivity index (χ0v) is 17.0. The minimum Gasteiger partial charge on any atom is -0.478 e. The quantitative estimate of drug-likeness (QED) is 0.551. The van der Waals surface area contributed by atoms with Gasteiger partial charge in [-0.25, -0.2) is 14.3 Å². The number of hydrogen-bond acceptors (Lipinski definition) is 3. The number of carboxylic acids is 1. The number of halogens is 1. The lowest BCUT2D eigenvalue weighted by Crippen LogP contribution is -2.21. The molecular weight excluding hydrogens is 392 g/mol. The molecule has 0 unspecified atom stereocenters. The Kier molecular flexibility index (Phi) is 5.61. The molecule has 0 saturated carbocycles. The first-order chi connectivity index (χ1) is 13.6. The summed E-state index contributed by atoms with van der Waals surface area (Å²) in [5.41, 5.74) is 1.73. The van der Waals surface area contributed by atoms with E-state index >= 15 is 0 Å². The van der Waals surface area contributed by atoms with Crippen LogP contribution in [0.5, 0.6) is 0 Å². The predicted molar refractivity (Wildman–Crippen MR) is 113 cm³/mol. The fourth-order valence-corrected chi connectivity index (χ4v) is 2.74. The highest BCUT2D eigenvalue weighted by molar-refractivity contribution is 6.30. The molecule has 29 heavy (non-hydrogen) atoms. The molecule has 3 aromatic rings. The molecule has 0 saturated heterocycles. The van der Waals surface area contributed by atoms with Gasteiger partial charge in [-0.2, -0.15) is 5.10 Å². The molecule has 1 aromatic heterocycles. The average Bonchev–Trinajstić information content (AvgIpc) is 3.08. The first-order valence-corrected chi connectivity index (χ1v) is 9.29. The van der Waals surface area contributed by atoms with Crippen LogP contribution < -0.4 is 10.6 Å². The highest BCUT2D eigenvalue weighted by atomic mass is 35.5. The molecule has 0 atom stereocenters. The fraction of sp³-hybridized carbons (Fsp3) is 0.190. The van der Waals surface area contributed by atoms with Crippen LogP contribution in [0.2, 0.25) is 5.02 Å². The Bertz CT molecular complexity index is 1050. The molecule has 8 heteroatoms. The molecule has 2 aromatic carbocycles. The molecule has 150 valence electrons. The summed E-state index contributed by atoms with van der Waals surface area (Å²) in [5, 5.41) is 19.9. The Labute approximate surface area is 173 Å². The monoisotopic (exact) mass is 412 g/mol. The summed E-state index contributed by atoms with van der Waals surface area (Å²) in [6.45, 7) is 6.01. The maximum Gasteiger partial charge on any atom is 0.335 e. The molecule has 3 N–H and O–H groups in total. The second-order valence-electron chi connectivity index (χ2n) is 7.52. The molecule has 0 radical (unpaired) electrons. The Morgan fingerprint density at radius 1 is 1.03 bits per heavy atom. The lowest BCUT2D eigenvalue weighted by Gasteiger charge is -2.14. The van der Waals surface area contributed by atoms with Gasteiger partial charge in [0.15, 0.2) is 0 Å². The van der Waals surface area contributed by atoms with Crippen molar-refractivity contribution in [3.05, 3.63) is 70.9 Å². The van der Waals surface area contributed by atoms with Gasteiger partial charge in [0, 0.05) is 22.2 Å². The average molecular weight is 413 g/mol. The van der Waals surface area contributed by atoms with Crippen LogP contribution in [0.25, 0.3) is 5.69 Å². The number of aromatic carboxylic acids is 1. The molecule has 1 heterocycles. The number of nitrogens with one attached hydrogen (secondary N) is 2. The maximum absolute atomic E-state index is 12.5. The minimum absolute atomic E-state index is 0.131. The van der Waals surface area contributed by atoms with Gasteiger partial charge in [-0.1, -0.05) is 38.4 Å². The number of benzene rings is 2. The summed E-state index contributed by atoms with van der Waals surface area (Å²) in [4.78, 5) is 23.8. The summed E-state index contributed by atoms with van der Waals surface area (Å²) in [6.07, 6.45) is 0. The maximum atomic E-state index is 12.5. The molecule has 0 spiro atoms. The van der Waals surface area contributed by atoms with Gasteiger partial charge in [0.2, 0.25) is 0 Å². The number of anilines is 2. The van der Waals surface area contributed by atoms with Crippen LogP contribution in [0.1, 0.15) is 36.8 Å². The lowest BCUT2D eigenvalue weighted by atomic mass is 9.92. The number of urea groups is 1. The number of carbonyl (C=O) groups is 2. The van der Waals surface area contributed by atoms with Crippen LogP contribution >= 0.6 is 11.6 Å². The van der Waals surface area contributed by atoms with E-state index in [4.69, 9.17) is 11.6 Å². The van der Waals surface area contributed by atoms with Crippen molar-refractivity contribution >= 4 is 35.1 Å². The molecule has 0 bridgehead atoms. The van der Waals surface area contributed by atoms with Crippen LogP contribution in [-0.4, -0.2) is 26.9 Å². The van der Waals surface area contributed by atoms with Crippen LogP contribution in [0.4, 0.5) is 16.3 Å². The number of hydrogen-bond donors (Lipinski definition) is 3. The first-order valence-electron chi connectivity index (χ1n) is 8.91. The van der Waals surface area contributed by atoms with Crippen LogP contribution in [0, 0.1) is 0 Å². The van der Waals surface area contributed by atoms with E-state index in [0.29, 0.717) is 22.2 Å². The van der Waals surface area contributed by atoms with E-state index in [1.54, 1.807) is 42.5 Å². The number of rotatable bonds is 4. The van der Waals surface area contributed by atoms with Gasteiger partial charge in [-0.15, -0.1) is 0 Å². The van der Waals surface area contributed by atoms with Crippen molar-refractivity contribution in [3.63, 3.8) is 0 Å². The molecule has 3 rings (SSSR count). The lowest BCUT2D eigenvalue weighted by molar-refractivity contribution is 0.0697. The van der Waals surface area contributed by atoms with Gasteiger partial charge in [-0.05, 0) is 42.5 Å². The fourth-order valence-electron chi connectivity index (χ4n) is 2.62. The SMILES string of the molecule is CC(C)(C)c1cc(NC(=O)Nc2ccc(Cl)cc2)n(-c2cccc(C(=O)O)c2)n1. The number of carboxylic acid groups (broad SMARTS) is 1. The zero-order chi connectivity index (χ0) is 21.2. The van der Waals surface area contributed by atoms with Crippen LogP contribution in [0.15, 0.2) is 54.6 Å². The van der Waals surface area contributed by atoms with E-state index in [1.165, 1.54) is 16.8 Å². The van der Waals surface area contributed by atoms with E-state index in [2.05, 4.69) is 15.7 Å². The third-order valence-corrected chi connectivity index (χ3v) is 4.41. The molecule has 2 amide bonds. The third-order valence-electron chi connectivity index (χ3n) is 4.16. The smallest absolute Gasteiger partial charge is 0.335 e. The minimum atomic E-state index is -1.04. The van der Waals surface area contributed by atoms with Gasteiger partial charge in [0.1, 0.15) is 5.82 Å². The van der Waals surface area contributed by atoms with E-state index < -0.39 is 12.0 Å². The van der Waals surface area contributed by atoms with E-state index in [-0.39, 0.29) is 11.0 Å². The Morgan fingerprint density at radius 2 is 1.72 bits per heavy atom. The topological polar surface area (TPSA) is 96.2 Å². The van der Waals surface area contributed by atoms with E-state index in [9.17, 15) is 14.7 Å². The van der Waals surface area contributed by atoms with Gasteiger partial charge < -0.3 is 10.4 Å². The van der Waals surface area contributed by atoms with Crippen molar-refractivity contribution in [2.24, 2.45) is 0 Å². The van der Waals surface area contributed by atoms with Crippen molar-refractivity contribution in [2.45, 2.75) is 26.2 Å². The van der Waals surface area contributed by atoms with Crippen molar-refractivity contribution in [2.75, 3.05) is 10.6 Å². The number of amides is 2. The van der Waals surface area contributed by atoms with Crippen LogP contribution in [0.3, 0.4) is 0 Å². The van der Waals surface area contributed by atoms with E-state index in [1.807, 2.05) is 20.8 Å². The second kappa shape index (κ2) is 7.97. The standard InChI is InChI=1S/C21H21ClN4O3/c1-21(2,3)17-12-18(24-20(29)23-15-9-7-14(22)8-10-15)26(25-17)16-6-4-5-13(11-16)19(27)28/h4-12H,1-3H3,(H,27,28)(H2,23,24,29). The second-order valence-corrected chi connectivity index (χ2v) is 7.95. The van der Waals surface area contributed by atoms with Crippen molar-refractivity contribution in [3.8, 4) is 5.69 Å². The Hall–Kier alpha value is -3.32. The summed E-state index contributed by atoms with van der Waals surface area (Å²) in [6, 6.07) is 14.4. The summed E-state index contributed by atoms with van der Waals surface area (Å²) < 4.78 is 1.52. The highest BCUT2D eigenvalue weighted by Gasteiger charge is 2.22. The Morgan fingerprint density at radius 3 is 2.34 bits per heavy atom. The molecule has 0 aliphatic heterocycles. The summed E-state index contributed by atoms with van der Waals surface area (Å²) in [7, 11) is 0. The summed E-state index contributed by atoms with van der Waals surface area (Å²) in [5.74, 6) is -0.617. The number of aromatic nitrogens is 2. The number of nitrogens with zero attached hydrogens (tertiary/aromatic N) is 2. The molecular formula is C21H21ClN4O3. The van der Waals surface area contributed by atoms with Crippen molar-refractivity contribution in [1.82, 2.24) is 9.78 Å². The normalized spacial score (nSPS) is 11.2. The molecule has 7 nitrogen and oxygen atoms in total. The first kappa shape index (κ1) is 20.4. The zero-order valence-electron chi connectivity index (χ0n) is 16.2. The molecule has 0 aliphatic rings. The van der Waals surface area contributed by atoms with Gasteiger partial charge in [-0.3, -0.25) is 5.32 Å². The highest BCUT2D eigenvalue weighted by Crippen LogP contribution is 2.27. The van der Waals surface area contributed by atoms with Crippen molar-refractivity contribution < 1.29 is 14.7 Å². The molecule has 0 aliphatic carbocycles. The van der Waals surface area contributed by atoms with Crippen molar-refractivity contribution in [1.29, 1.82) is 0 Å². The summed E-state index contributed by atoms with van der Waals surface area (Å²) >= 11 is 5.87. The predicted octanol–water partition coefficient (Wildman–Crippen LogP) is 5.17.